The second-order valence-corrected chi connectivity index (χ2v) is 7.08. The van der Waals surface area contributed by atoms with Crippen LogP contribution in [0.4, 0.5) is 4.39 Å². The molecule has 154 valence electrons. The van der Waals surface area contributed by atoms with Crippen molar-refractivity contribution in [3.8, 4) is 5.75 Å². The smallest absolute Gasteiger partial charge is 0.252 e. The van der Waals surface area contributed by atoms with E-state index in [2.05, 4.69) is 10.3 Å². The Morgan fingerprint density at radius 3 is 2.79 bits per heavy atom. The monoisotopic (exact) mass is 399 g/mol. The molecule has 0 saturated carbocycles. The van der Waals surface area contributed by atoms with Crippen molar-refractivity contribution in [3.05, 3.63) is 59.2 Å². The molecule has 1 unspecified atom stereocenters. The third-order valence-electron chi connectivity index (χ3n) is 5.12. The van der Waals surface area contributed by atoms with Crippen LogP contribution in [0.25, 0.3) is 0 Å². The topological polar surface area (TPSA) is 71.5 Å². The normalized spacial score (nSPS) is 16.0. The van der Waals surface area contributed by atoms with E-state index in [4.69, 9.17) is 4.74 Å². The third kappa shape index (κ3) is 4.91. The van der Waals surface area contributed by atoms with E-state index in [1.54, 1.807) is 38.2 Å². The van der Waals surface area contributed by atoms with Gasteiger partial charge in [-0.25, -0.2) is 4.39 Å². The minimum Gasteiger partial charge on any atom is -0.491 e. The first-order chi connectivity index (χ1) is 14.0. The van der Waals surface area contributed by atoms with E-state index in [0.29, 0.717) is 30.6 Å². The number of carbonyl (C=O) groups is 2. The Hall–Kier alpha value is -2.96. The Balaban J connectivity index is 1.57. The molecule has 2 amide bonds. The summed E-state index contributed by atoms with van der Waals surface area (Å²) >= 11 is 0. The van der Waals surface area contributed by atoms with E-state index in [1.165, 1.54) is 6.07 Å². The number of amides is 2. The molecule has 6 nitrogen and oxygen atoms in total. The van der Waals surface area contributed by atoms with Crippen LogP contribution in [0.2, 0.25) is 0 Å². The fourth-order valence-corrected chi connectivity index (χ4v) is 3.62. The molecule has 2 heterocycles. The number of aryl methyl sites for hydroxylation is 1. The zero-order chi connectivity index (χ0) is 20.8. The lowest BCUT2D eigenvalue weighted by Gasteiger charge is -2.25. The van der Waals surface area contributed by atoms with Crippen LogP contribution in [0.15, 0.2) is 36.4 Å². The number of carbonyl (C=O) groups excluding carboxylic acids is 2. The van der Waals surface area contributed by atoms with Crippen molar-refractivity contribution in [1.29, 1.82) is 0 Å². The van der Waals surface area contributed by atoms with E-state index in [9.17, 15) is 14.0 Å². The van der Waals surface area contributed by atoms with Gasteiger partial charge in [-0.3, -0.25) is 14.6 Å². The predicted octanol–water partition coefficient (Wildman–Crippen LogP) is 3.41. The van der Waals surface area contributed by atoms with E-state index in [0.717, 1.165) is 18.5 Å². The van der Waals surface area contributed by atoms with Crippen molar-refractivity contribution < 1.29 is 18.7 Å². The first-order valence-electron chi connectivity index (χ1n) is 9.87. The second kappa shape index (κ2) is 9.49. The van der Waals surface area contributed by atoms with Gasteiger partial charge in [-0.15, -0.1) is 0 Å². The van der Waals surface area contributed by atoms with Crippen LogP contribution in [0, 0.1) is 12.7 Å². The van der Waals surface area contributed by atoms with Crippen molar-refractivity contribution >= 4 is 11.8 Å². The molecule has 1 fully saturated rings. The minimum atomic E-state index is -0.403. The van der Waals surface area contributed by atoms with Crippen molar-refractivity contribution in [2.75, 3.05) is 20.2 Å². The number of hydrogen-bond acceptors (Lipinski definition) is 4. The fraction of sp³-hybridized carbons (Fsp3) is 0.409. The molecule has 3 rings (SSSR count). The number of rotatable bonds is 7. The van der Waals surface area contributed by atoms with Gasteiger partial charge in [0.1, 0.15) is 0 Å². The third-order valence-corrected chi connectivity index (χ3v) is 5.12. The Bertz CT molecular complexity index is 887. The van der Waals surface area contributed by atoms with E-state index < -0.39 is 5.82 Å². The summed E-state index contributed by atoms with van der Waals surface area (Å²) in [6, 6.07) is 9.75. The van der Waals surface area contributed by atoms with Gasteiger partial charge < -0.3 is 15.0 Å². The van der Waals surface area contributed by atoms with Gasteiger partial charge in [-0.1, -0.05) is 12.1 Å². The highest BCUT2D eigenvalue weighted by molar-refractivity contribution is 5.94. The quantitative estimate of drug-likeness (QED) is 0.725. The number of likely N-dealkylation sites (tertiary alicyclic amines) is 1. The molecule has 0 radical (unpaired) electrons. The molecule has 0 aliphatic carbocycles. The van der Waals surface area contributed by atoms with Crippen LogP contribution in [-0.2, 0) is 4.79 Å². The minimum absolute atomic E-state index is 0.0412. The Morgan fingerprint density at radius 2 is 2.07 bits per heavy atom. The van der Waals surface area contributed by atoms with Gasteiger partial charge in [0, 0.05) is 20.0 Å². The number of hydrogen-bond donors (Lipinski definition) is 1. The highest BCUT2D eigenvalue weighted by Crippen LogP contribution is 2.32. The standard InChI is InChI=1S/C22H26FN3O3/c1-15-16(22(28)24-2)11-12-18(25-15)19-8-5-13-26(19)21(27)10-6-14-29-20-9-4-3-7-17(20)23/h3-4,7,9,11-12,19H,5-6,8,10,13-14H2,1-2H3,(H,24,28). The first-order valence-corrected chi connectivity index (χ1v) is 9.87. The van der Waals surface area contributed by atoms with Gasteiger partial charge in [0.25, 0.3) is 5.91 Å². The number of aromatic nitrogens is 1. The summed E-state index contributed by atoms with van der Waals surface area (Å²) in [6.07, 6.45) is 2.61. The number of pyridine rings is 1. The highest BCUT2D eigenvalue weighted by Gasteiger charge is 2.31. The number of nitrogens with zero attached hydrogens (tertiary/aromatic N) is 2. The summed E-state index contributed by atoms with van der Waals surface area (Å²) < 4.78 is 19.0. The molecule has 0 spiro atoms. The molecule has 1 aromatic heterocycles. The molecule has 1 aliphatic rings. The molecule has 1 aromatic carbocycles. The van der Waals surface area contributed by atoms with E-state index >= 15 is 0 Å². The molecule has 7 heteroatoms. The summed E-state index contributed by atoms with van der Waals surface area (Å²) in [4.78, 5) is 31.0. The van der Waals surface area contributed by atoms with Gasteiger partial charge in [0.2, 0.25) is 5.91 Å². The van der Waals surface area contributed by atoms with Gasteiger partial charge in [0.15, 0.2) is 11.6 Å². The molecular formula is C22H26FN3O3. The maximum Gasteiger partial charge on any atom is 0.252 e. The molecule has 29 heavy (non-hydrogen) atoms. The number of ether oxygens (including phenoxy) is 1. The molecule has 1 N–H and O–H groups in total. The predicted molar refractivity (Wildman–Crippen MR) is 107 cm³/mol. The SMILES string of the molecule is CNC(=O)c1ccc(C2CCCN2C(=O)CCCOc2ccccc2F)nc1C. The van der Waals surface area contributed by atoms with Crippen LogP contribution in [-0.4, -0.2) is 41.9 Å². The maximum atomic E-state index is 13.6. The van der Waals surface area contributed by atoms with E-state index in [1.807, 2.05) is 11.0 Å². The summed E-state index contributed by atoms with van der Waals surface area (Å²) in [5.74, 6) is -0.329. The van der Waals surface area contributed by atoms with Crippen molar-refractivity contribution in [1.82, 2.24) is 15.2 Å². The number of para-hydroxylation sites is 1. The zero-order valence-electron chi connectivity index (χ0n) is 16.8. The summed E-state index contributed by atoms with van der Waals surface area (Å²) in [5, 5.41) is 2.60. The number of benzene rings is 1. The lowest BCUT2D eigenvalue weighted by Crippen LogP contribution is -2.31. The van der Waals surface area contributed by atoms with Crippen LogP contribution in [0.5, 0.6) is 5.75 Å². The number of halogens is 1. The van der Waals surface area contributed by atoms with Crippen LogP contribution in [0.3, 0.4) is 0 Å². The van der Waals surface area contributed by atoms with E-state index in [-0.39, 0.29) is 30.2 Å². The van der Waals surface area contributed by atoms with Gasteiger partial charge in [-0.05, 0) is 50.5 Å². The maximum absolute atomic E-state index is 13.6. The number of nitrogens with one attached hydrogen (secondary N) is 1. The Morgan fingerprint density at radius 1 is 1.28 bits per heavy atom. The summed E-state index contributed by atoms with van der Waals surface area (Å²) in [6.45, 7) is 2.77. The largest absolute Gasteiger partial charge is 0.491 e. The van der Waals surface area contributed by atoms with Crippen LogP contribution >= 0.6 is 0 Å². The fourth-order valence-electron chi connectivity index (χ4n) is 3.62. The lowest BCUT2D eigenvalue weighted by atomic mass is 10.1. The van der Waals surface area contributed by atoms with Crippen LogP contribution < -0.4 is 10.1 Å². The highest BCUT2D eigenvalue weighted by atomic mass is 19.1. The van der Waals surface area contributed by atoms with Gasteiger partial charge >= 0.3 is 0 Å². The average Bonchev–Trinajstić information content (AvgIpc) is 3.21. The molecule has 0 bridgehead atoms. The first kappa shape index (κ1) is 20.8. The second-order valence-electron chi connectivity index (χ2n) is 7.08. The molecule has 1 atom stereocenters. The molecule has 2 aromatic rings. The average molecular weight is 399 g/mol. The van der Waals surface area contributed by atoms with Crippen molar-refractivity contribution in [2.24, 2.45) is 0 Å². The van der Waals surface area contributed by atoms with Crippen LogP contribution in [0.1, 0.15) is 53.5 Å². The molecule has 1 saturated heterocycles. The van der Waals surface area contributed by atoms with Gasteiger partial charge in [0.05, 0.1) is 29.6 Å². The molecular weight excluding hydrogens is 373 g/mol. The summed E-state index contributed by atoms with van der Waals surface area (Å²) in [5.41, 5.74) is 2.00. The van der Waals surface area contributed by atoms with Gasteiger partial charge in [-0.2, -0.15) is 0 Å². The van der Waals surface area contributed by atoms with Crippen molar-refractivity contribution in [3.63, 3.8) is 0 Å². The lowest BCUT2D eigenvalue weighted by molar-refractivity contribution is -0.132. The molecule has 1 aliphatic heterocycles. The Labute approximate surface area is 170 Å². The Kier molecular flexibility index (Phi) is 6.80. The van der Waals surface area contributed by atoms with Crippen molar-refractivity contribution in [2.45, 2.75) is 38.6 Å². The zero-order valence-corrected chi connectivity index (χ0v) is 16.8. The summed E-state index contributed by atoms with van der Waals surface area (Å²) in [7, 11) is 1.59.